The van der Waals surface area contributed by atoms with E-state index in [1.54, 1.807) is 13.0 Å². The highest BCUT2D eigenvalue weighted by Crippen LogP contribution is 2.20. The fraction of sp³-hybridized carbons (Fsp3) is 0.375. The lowest BCUT2D eigenvalue weighted by atomic mass is 10.2. The van der Waals surface area contributed by atoms with Gasteiger partial charge in [0, 0.05) is 30.0 Å². The molecule has 0 bridgehead atoms. The molecule has 0 aliphatic heterocycles. The maximum Gasteiger partial charge on any atom is 0.294 e. The molecule has 0 saturated heterocycles. The van der Waals surface area contributed by atoms with Crippen molar-refractivity contribution >= 4 is 17.3 Å². The zero-order chi connectivity index (χ0) is 15.4. The lowest BCUT2D eigenvalue weighted by molar-refractivity contribution is 0.0988. The second kappa shape index (κ2) is 6.43. The van der Waals surface area contributed by atoms with E-state index in [4.69, 9.17) is 4.52 Å². The molecule has 21 heavy (non-hydrogen) atoms. The molecule has 0 saturated carbocycles. The number of hydrogen-bond acceptors (Lipinski definition) is 4. The van der Waals surface area contributed by atoms with Crippen molar-refractivity contribution in [3.05, 3.63) is 41.8 Å². The first kappa shape index (κ1) is 15.1. The fourth-order valence-corrected chi connectivity index (χ4v) is 2.25. The van der Waals surface area contributed by atoms with E-state index < -0.39 is 0 Å². The molecule has 0 atom stereocenters. The quantitative estimate of drug-likeness (QED) is 0.914. The Morgan fingerprint density at radius 2 is 2.00 bits per heavy atom. The van der Waals surface area contributed by atoms with E-state index in [0.717, 1.165) is 17.9 Å². The van der Waals surface area contributed by atoms with Gasteiger partial charge in [-0.2, -0.15) is 0 Å². The predicted octanol–water partition coefficient (Wildman–Crippen LogP) is 3.47. The molecule has 5 heteroatoms. The second-order valence-corrected chi connectivity index (χ2v) is 5.21. The van der Waals surface area contributed by atoms with Crippen LogP contribution < -0.4 is 10.2 Å². The summed E-state index contributed by atoms with van der Waals surface area (Å²) in [7, 11) is 0. The third-order valence-electron chi connectivity index (χ3n) is 3.27. The molecule has 5 nitrogen and oxygen atoms in total. The highest BCUT2D eigenvalue weighted by atomic mass is 16.5. The normalized spacial score (nSPS) is 10.7. The van der Waals surface area contributed by atoms with E-state index in [9.17, 15) is 4.79 Å². The van der Waals surface area contributed by atoms with Crippen molar-refractivity contribution in [3.63, 3.8) is 0 Å². The molecule has 0 spiro atoms. The van der Waals surface area contributed by atoms with Crippen LogP contribution in [0.2, 0.25) is 0 Å². The minimum atomic E-state index is -0.292. The predicted molar refractivity (Wildman–Crippen MR) is 83.8 cm³/mol. The van der Waals surface area contributed by atoms with Crippen LogP contribution in [0.5, 0.6) is 0 Å². The number of amides is 1. The van der Waals surface area contributed by atoms with Crippen LogP contribution in [0.1, 0.15) is 37.0 Å². The summed E-state index contributed by atoms with van der Waals surface area (Å²) in [4.78, 5) is 14.2. The molecule has 0 aliphatic carbocycles. The Balaban J connectivity index is 2.07. The number of rotatable bonds is 5. The Morgan fingerprint density at radius 3 is 2.48 bits per heavy atom. The zero-order valence-corrected chi connectivity index (χ0v) is 12.9. The van der Waals surface area contributed by atoms with Crippen molar-refractivity contribution in [2.75, 3.05) is 16.8 Å². The van der Waals surface area contributed by atoms with Crippen LogP contribution in [0, 0.1) is 6.92 Å². The largest absolute Gasteiger partial charge is 0.369 e. The molecule has 2 rings (SSSR count). The summed E-state index contributed by atoms with van der Waals surface area (Å²) in [5.74, 6) is -0.0755. The average Bonchev–Trinajstić information content (AvgIpc) is 2.88. The van der Waals surface area contributed by atoms with Gasteiger partial charge in [0.25, 0.3) is 5.91 Å². The molecule has 0 fully saturated rings. The monoisotopic (exact) mass is 287 g/mol. The fourth-order valence-electron chi connectivity index (χ4n) is 2.25. The van der Waals surface area contributed by atoms with Crippen LogP contribution in [-0.4, -0.2) is 23.7 Å². The summed E-state index contributed by atoms with van der Waals surface area (Å²) < 4.78 is 4.94. The summed E-state index contributed by atoms with van der Waals surface area (Å²) in [5.41, 5.74) is 2.56. The van der Waals surface area contributed by atoms with Crippen molar-refractivity contribution < 1.29 is 9.32 Å². The molecule has 0 radical (unpaired) electrons. The average molecular weight is 287 g/mol. The van der Waals surface area contributed by atoms with Crippen molar-refractivity contribution in [3.8, 4) is 0 Å². The number of carbonyl (C=O) groups excluding carboxylic acids is 1. The van der Waals surface area contributed by atoms with Crippen LogP contribution >= 0.6 is 0 Å². The minimum Gasteiger partial charge on any atom is -0.369 e. The summed E-state index contributed by atoms with van der Waals surface area (Å²) in [5, 5.41) is 6.50. The summed E-state index contributed by atoms with van der Waals surface area (Å²) in [6, 6.07) is 9.84. The number of aromatic nitrogens is 1. The molecule has 1 amide bonds. The molecule has 0 unspecified atom stereocenters. The van der Waals surface area contributed by atoms with Gasteiger partial charge >= 0.3 is 0 Å². The Morgan fingerprint density at radius 1 is 1.33 bits per heavy atom. The van der Waals surface area contributed by atoms with Crippen LogP contribution in [-0.2, 0) is 0 Å². The topological polar surface area (TPSA) is 58.4 Å². The lowest BCUT2D eigenvalue weighted by Gasteiger charge is -2.27. The van der Waals surface area contributed by atoms with Crippen molar-refractivity contribution in [2.24, 2.45) is 0 Å². The Hall–Kier alpha value is -2.30. The first-order valence-electron chi connectivity index (χ1n) is 7.12. The number of benzene rings is 1. The van der Waals surface area contributed by atoms with E-state index in [1.807, 2.05) is 24.3 Å². The first-order valence-corrected chi connectivity index (χ1v) is 7.12. The Kier molecular flexibility index (Phi) is 4.62. The summed E-state index contributed by atoms with van der Waals surface area (Å²) in [6.07, 6.45) is 0. The number of carbonyl (C=O) groups is 1. The van der Waals surface area contributed by atoms with E-state index >= 15 is 0 Å². The smallest absolute Gasteiger partial charge is 0.294 e. The molecule has 2 aromatic rings. The highest BCUT2D eigenvalue weighted by molar-refractivity contribution is 6.02. The number of nitrogens with one attached hydrogen (secondary N) is 1. The van der Waals surface area contributed by atoms with E-state index in [0.29, 0.717) is 11.7 Å². The number of anilines is 2. The van der Waals surface area contributed by atoms with Gasteiger partial charge in [-0.05, 0) is 52.0 Å². The molecule has 1 heterocycles. The standard InChI is InChI=1S/C16H21N3O2/c1-5-19(11(2)3)14-8-6-13(7-9-14)17-16(20)15-10-12(4)18-21-15/h6-11H,5H2,1-4H3,(H,17,20). The molecular weight excluding hydrogens is 266 g/mol. The van der Waals surface area contributed by atoms with Crippen LogP contribution in [0.4, 0.5) is 11.4 Å². The third-order valence-corrected chi connectivity index (χ3v) is 3.27. The van der Waals surface area contributed by atoms with Crippen LogP contribution in [0.25, 0.3) is 0 Å². The number of hydrogen-bond donors (Lipinski definition) is 1. The molecule has 1 N–H and O–H groups in total. The van der Waals surface area contributed by atoms with Gasteiger partial charge in [0.2, 0.25) is 5.76 Å². The molecule has 0 aliphatic rings. The van der Waals surface area contributed by atoms with E-state index in [2.05, 4.69) is 36.1 Å². The molecule has 112 valence electrons. The lowest BCUT2D eigenvalue weighted by Crippen LogP contribution is -2.30. The first-order chi connectivity index (χ1) is 10.0. The van der Waals surface area contributed by atoms with E-state index in [-0.39, 0.29) is 11.7 Å². The highest BCUT2D eigenvalue weighted by Gasteiger charge is 2.12. The SMILES string of the molecule is CCN(c1ccc(NC(=O)c2cc(C)no2)cc1)C(C)C. The zero-order valence-electron chi connectivity index (χ0n) is 12.9. The maximum absolute atomic E-state index is 12.0. The van der Waals surface area contributed by atoms with Gasteiger partial charge in [-0.3, -0.25) is 4.79 Å². The van der Waals surface area contributed by atoms with Gasteiger partial charge in [-0.25, -0.2) is 0 Å². The van der Waals surface area contributed by atoms with Gasteiger partial charge in [0.05, 0.1) is 5.69 Å². The molecular formula is C16H21N3O2. The van der Waals surface area contributed by atoms with Crippen LogP contribution in [0.15, 0.2) is 34.9 Å². The van der Waals surface area contributed by atoms with Crippen molar-refractivity contribution in [1.29, 1.82) is 0 Å². The van der Waals surface area contributed by atoms with Gasteiger partial charge < -0.3 is 14.7 Å². The Labute approximate surface area is 124 Å². The minimum absolute atomic E-state index is 0.217. The number of nitrogens with zero attached hydrogens (tertiary/aromatic N) is 2. The van der Waals surface area contributed by atoms with Crippen LogP contribution in [0.3, 0.4) is 0 Å². The second-order valence-electron chi connectivity index (χ2n) is 5.21. The summed E-state index contributed by atoms with van der Waals surface area (Å²) >= 11 is 0. The van der Waals surface area contributed by atoms with Gasteiger partial charge in [-0.1, -0.05) is 5.16 Å². The van der Waals surface area contributed by atoms with Gasteiger partial charge in [-0.15, -0.1) is 0 Å². The van der Waals surface area contributed by atoms with Gasteiger partial charge in [0.1, 0.15) is 0 Å². The molecule has 1 aromatic heterocycles. The molecule has 1 aromatic carbocycles. The van der Waals surface area contributed by atoms with E-state index in [1.165, 1.54) is 0 Å². The van der Waals surface area contributed by atoms with Crippen molar-refractivity contribution in [2.45, 2.75) is 33.7 Å². The summed E-state index contributed by atoms with van der Waals surface area (Å²) in [6.45, 7) is 9.17. The Bertz CT molecular complexity index is 602. The number of aryl methyl sites for hydroxylation is 1. The maximum atomic E-state index is 12.0. The van der Waals surface area contributed by atoms with Crippen molar-refractivity contribution in [1.82, 2.24) is 5.16 Å². The third kappa shape index (κ3) is 3.62. The van der Waals surface area contributed by atoms with Gasteiger partial charge in [0.15, 0.2) is 0 Å².